The average Bonchev–Trinajstić information content (AvgIpc) is 2.90. The topological polar surface area (TPSA) is 83.4 Å². The number of nitrogens with zero attached hydrogens (tertiary/aromatic N) is 2. The molecule has 0 radical (unpaired) electrons. The molecule has 1 aromatic carbocycles. The second kappa shape index (κ2) is 7.37. The van der Waals surface area contributed by atoms with E-state index in [4.69, 9.17) is 19.7 Å². The largest absolute Gasteiger partial charge is 0.398 e. The molecule has 0 saturated heterocycles. The van der Waals surface area contributed by atoms with E-state index in [1.165, 1.54) is 0 Å². The lowest BCUT2D eigenvalue weighted by Gasteiger charge is -2.00. The van der Waals surface area contributed by atoms with E-state index in [-0.39, 0.29) is 0 Å². The fourth-order valence-corrected chi connectivity index (χ4v) is 1.80. The van der Waals surface area contributed by atoms with Gasteiger partial charge in [-0.15, -0.1) is 0 Å². The molecule has 0 spiro atoms. The highest BCUT2D eigenvalue weighted by atomic mass is 79.9. The van der Waals surface area contributed by atoms with E-state index in [9.17, 15) is 0 Å². The first-order valence-corrected chi connectivity index (χ1v) is 6.94. The zero-order valence-corrected chi connectivity index (χ0v) is 12.7. The molecule has 2 N–H and O–H groups in total. The lowest BCUT2D eigenvalue weighted by Crippen LogP contribution is -2.05. The molecule has 1 aromatic heterocycles. The van der Waals surface area contributed by atoms with Crippen molar-refractivity contribution in [2.24, 2.45) is 0 Å². The van der Waals surface area contributed by atoms with E-state index in [0.29, 0.717) is 43.6 Å². The molecule has 0 saturated carbocycles. The smallest absolute Gasteiger partial charge is 0.257 e. The molecule has 0 aliphatic carbocycles. The molecule has 6 nitrogen and oxygen atoms in total. The van der Waals surface area contributed by atoms with Gasteiger partial charge in [-0.1, -0.05) is 5.16 Å². The number of methoxy groups -OCH3 is 1. The molecule has 1 heterocycles. The van der Waals surface area contributed by atoms with Gasteiger partial charge in [-0.2, -0.15) is 4.98 Å². The van der Waals surface area contributed by atoms with Gasteiger partial charge < -0.3 is 19.7 Å². The third kappa shape index (κ3) is 4.03. The SMILES string of the molecule is COCCOCCc1noc(-c2ccc(Br)c(N)c2)n1. The Kier molecular flexibility index (Phi) is 5.51. The van der Waals surface area contributed by atoms with Crippen molar-refractivity contribution in [1.29, 1.82) is 0 Å². The minimum Gasteiger partial charge on any atom is -0.398 e. The van der Waals surface area contributed by atoms with Crippen LogP contribution in [0.25, 0.3) is 11.5 Å². The third-order valence-electron chi connectivity index (χ3n) is 2.61. The molecular formula is C13H16BrN3O3. The summed E-state index contributed by atoms with van der Waals surface area (Å²) in [6, 6.07) is 5.51. The highest BCUT2D eigenvalue weighted by molar-refractivity contribution is 9.10. The van der Waals surface area contributed by atoms with E-state index in [1.807, 2.05) is 12.1 Å². The van der Waals surface area contributed by atoms with Gasteiger partial charge in [-0.25, -0.2) is 0 Å². The van der Waals surface area contributed by atoms with Crippen LogP contribution in [0.15, 0.2) is 27.2 Å². The highest BCUT2D eigenvalue weighted by Crippen LogP contribution is 2.25. The van der Waals surface area contributed by atoms with Crippen LogP contribution in [-0.4, -0.2) is 37.1 Å². The standard InChI is InChI=1S/C13H16BrN3O3/c1-18-6-7-19-5-4-12-16-13(20-17-12)9-2-3-10(14)11(15)8-9/h2-3,8H,4-7,15H2,1H3. The summed E-state index contributed by atoms with van der Waals surface area (Å²) in [7, 11) is 1.64. The minimum absolute atomic E-state index is 0.455. The Labute approximate surface area is 125 Å². The quantitative estimate of drug-likeness (QED) is 0.614. The average molecular weight is 342 g/mol. The molecule has 20 heavy (non-hydrogen) atoms. The van der Waals surface area contributed by atoms with Gasteiger partial charge in [-0.05, 0) is 34.1 Å². The normalized spacial score (nSPS) is 10.9. The summed E-state index contributed by atoms with van der Waals surface area (Å²) in [6.07, 6.45) is 0.596. The number of halogens is 1. The maximum atomic E-state index is 5.82. The Morgan fingerprint density at radius 1 is 1.30 bits per heavy atom. The van der Waals surface area contributed by atoms with E-state index in [2.05, 4.69) is 26.1 Å². The zero-order chi connectivity index (χ0) is 14.4. The zero-order valence-electron chi connectivity index (χ0n) is 11.1. The minimum atomic E-state index is 0.455. The van der Waals surface area contributed by atoms with E-state index >= 15 is 0 Å². The molecule has 108 valence electrons. The predicted octanol–water partition coefficient (Wildman–Crippen LogP) is 2.29. The van der Waals surface area contributed by atoms with E-state index < -0.39 is 0 Å². The lowest BCUT2D eigenvalue weighted by atomic mass is 10.2. The van der Waals surface area contributed by atoms with Gasteiger partial charge in [0.1, 0.15) is 0 Å². The van der Waals surface area contributed by atoms with Crippen LogP contribution in [0.4, 0.5) is 5.69 Å². The van der Waals surface area contributed by atoms with Crippen LogP contribution < -0.4 is 5.73 Å². The second-order valence-electron chi connectivity index (χ2n) is 4.11. The number of aromatic nitrogens is 2. The van der Waals surface area contributed by atoms with Crippen molar-refractivity contribution >= 4 is 21.6 Å². The van der Waals surface area contributed by atoms with Gasteiger partial charge in [0, 0.05) is 29.3 Å². The molecule has 0 bridgehead atoms. The van der Waals surface area contributed by atoms with E-state index in [1.54, 1.807) is 13.2 Å². The summed E-state index contributed by atoms with van der Waals surface area (Å²) in [4.78, 5) is 4.31. The number of hydrogen-bond acceptors (Lipinski definition) is 6. The van der Waals surface area contributed by atoms with Gasteiger partial charge in [0.15, 0.2) is 5.82 Å². The first-order valence-electron chi connectivity index (χ1n) is 6.15. The van der Waals surface area contributed by atoms with Crippen LogP contribution in [0.1, 0.15) is 5.82 Å². The maximum absolute atomic E-state index is 5.82. The van der Waals surface area contributed by atoms with Gasteiger partial charge in [0.2, 0.25) is 0 Å². The van der Waals surface area contributed by atoms with Gasteiger partial charge in [0.25, 0.3) is 5.89 Å². The fourth-order valence-electron chi connectivity index (χ4n) is 1.56. The molecule has 0 amide bonds. The Morgan fingerprint density at radius 2 is 2.15 bits per heavy atom. The third-order valence-corrected chi connectivity index (χ3v) is 3.34. The Morgan fingerprint density at radius 3 is 2.90 bits per heavy atom. The molecule has 0 atom stereocenters. The van der Waals surface area contributed by atoms with Crippen LogP contribution in [0.5, 0.6) is 0 Å². The summed E-state index contributed by atoms with van der Waals surface area (Å²) < 4.78 is 16.3. The molecule has 0 fully saturated rings. The molecule has 0 unspecified atom stereocenters. The van der Waals surface area contributed by atoms with Crippen molar-refractivity contribution in [3.05, 3.63) is 28.5 Å². The summed E-state index contributed by atoms with van der Waals surface area (Å²) in [5.41, 5.74) is 7.25. The molecule has 2 aromatic rings. The molecule has 2 rings (SSSR count). The number of hydrogen-bond donors (Lipinski definition) is 1. The van der Waals surface area contributed by atoms with Gasteiger partial charge in [0.05, 0.1) is 19.8 Å². The second-order valence-corrected chi connectivity index (χ2v) is 4.96. The lowest BCUT2D eigenvalue weighted by molar-refractivity contribution is 0.0714. The number of nitrogen functional groups attached to an aromatic ring is 1. The maximum Gasteiger partial charge on any atom is 0.257 e. The molecule has 7 heteroatoms. The van der Waals surface area contributed by atoms with Gasteiger partial charge >= 0.3 is 0 Å². The van der Waals surface area contributed by atoms with Crippen molar-refractivity contribution in [3.8, 4) is 11.5 Å². The molecule has 0 aliphatic rings. The van der Waals surface area contributed by atoms with Crippen molar-refractivity contribution in [3.63, 3.8) is 0 Å². The van der Waals surface area contributed by atoms with Crippen LogP contribution in [0, 0.1) is 0 Å². The van der Waals surface area contributed by atoms with Crippen molar-refractivity contribution in [2.75, 3.05) is 32.7 Å². The summed E-state index contributed by atoms with van der Waals surface area (Å²) >= 11 is 3.34. The number of anilines is 1. The number of rotatable bonds is 7. The van der Waals surface area contributed by atoms with Gasteiger partial charge in [-0.3, -0.25) is 0 Å². The fraction of sp³-hybridized carbons (Fsp3) is 0.385. The van der Waals surface area contributed by atoms with Crippen molar-refractivity contribution in [1.82, 2.24) is 10.1 Å². The highest BCUT2D eigenvalue weighted by Gasteiger charge is 2.10. The molecule has 0 aliphatic heterocycles. The van der Waals surface area contributed by atoms with Crippen molar-refractivity contribution < 1.29 is 14.0 Å². The van der Waals surface area contributed by atoms with E-state index in [0.717, 1.165) is 10.0 Å². The monoisotopic (exact) mass is 341 g/mol. The number of nitrogens with two attached hydrogens (primary N) is 1. The predicted molar refractivity (Wildman–Crippen MR) is 78.2 cm³/mol. The number of ether oxygens (including phenoxy) is 2. The van der Waals surface area contributed by atoms with Crippen LogP contribution >= 0.6 is 15.9 Å². The van der Waals surface area contributed by atoms with Crippen LogP contribution in [0.3, 0.4) is 0 Å². The van der Waals surface area contributed by atoms with Crippen LogP contribution in [-0.2, 0) is 15.9 Å². The summed E-state index contributed by atoms with van der Waals surface area (Å²) in [5, 5.41) is 3.91. The molecular weight excluding hydrogens is 326 g/mol. The number of benzene rings is 1. The summed E-state index contributed by atoms with van der Waals surface area (Å²) in [5.74, 6) is 1.06. The first-order chi connectivity index (χ1) is 9.70. The summed E-state index contributed by atoms with van der Waals surface area (Å²) in [6.45, 7) is 1.67. The Balaban J connectivity index is 1.93. The Bertz CT molecular complexity index is 560. The Hall–Kier alpha value is -1.44. The first kappa shape index (κ1) is 15.0. The van der Waals surface area contributed by atoms with Crippen LogP contribution in [0.2, 0.25) is 0 Å². The van der Waals surface area contributed by atoms with Crippen molar-refractivity contribution in [2.45, 2.75) is 6.42 Å².